The summed E-state index contributed by atoms with van der Waals surface area (Å²) in [6.07, 6.45) is 2.73. The topological polar surface area (TPSA) is 69.6 Å². The van der Waals surface area contributed by atoms with Crippen LogP contribution in [0.25, 0.3) is 0 Å². The van der Waals surface area contributed by atoms with E-state index in [4.69, 9.17) is 0 Å². The average Bonchev–Trinajstić information content (AvgIpc) is 3.25. The third-order valence-corrected chi connectivity index (χ3v) is 7.98. The Morgan fingerprint density at radius 2 is 1.78 bits per heavy atom. The molecule has 1 aliphatic rings. The summed E-state index contributed by atoms with van der Waals surface area (Å²) in [6.45, 7) is 12.4. The fourth-order valence-corrected chi connectivity index (χ4v) is 5.58. The maximum atomic E-state index is 13.2. The summed E-state index contributed by atoms with van der Waals surface area (Å²) in [5.74, 6) is -0.353. The van der Waals surface area contributed by atoms with Crippen molar-refractivity contribution in [3.05, 3.63) is 69.4 Å². The molecule has 2 aromatic heterocycles. The van der Waals surface area contributed by atoms with Crippen molar-refractivity contribution in [3.63, 3.8) is 0 Å². The molecule has 0 N–H and O–H groups in total. The molecule has 0 unspecified atom stereocenters. The van der Waals surface area contributed by atoms with Crippen molar-refractivity contribution < 1.29 is 9.59 Å². The zero-order valence-corrected chi connectivity index (χ0v) is 22.9. The minimum atomic E-state index is -1.11. The highest BCUT2D eigenvalue weighted by Gasteiger charge is 2.45. The number of thiazole rings is 1. The highest BCUT2D eigenvalue weighted by molar-refractivity contribution is 7.09. The average molecular weight is 506 g/mol. The van der Waals surface area contributed by atoms with E-state index < -0.39 is 5.41 Å². The van der Waals surface area contributed by atoms with E-state index in [0.717, 1.165) is 54.4 Å². The largest absolute Gasteiger partial charge is 0.313 e. The van der Waals surface area contributed by atoms with Gasteiger partial charge in [-0.3, -0.25) is 19.5 Å². The summed E-state index contributed by atoms with van der Waals surface area (Å²) in [6, 6.07) is 10.2. The number of benzene rings is 1. The Morgan fingerprint density at radius 3 is 2.44 bits per heavy atom. The molecule has 36 heavy (non-hydrogen) atoms. The van der Waals surface area contributed by atoms with Crippen molar-refractivity contribution in [2.24, 2.45) is 5.41 Å². The van der Waals surface area contributed by atoms with Crippen molar-refractivity contribution in [1.82, 2.24) is 14.9 Å². The minimum absolute atomic E-state index is 0.164. The van der Waals surface area contributed by atoms with Gasteiger partial charge in [0, 0.05) is 50.0 Å². The molecule has 3 heterocycles. The van der Waals surface area contributed by atoms with Crippen molar-refractivity contribution in [2.75, 3.05) is 29.9 Å². The Balaban J connectivity index is 1.64. The van der Waals surface area contributed by atoms with E-state index in [1.807, 2.05) is 30.8 Å². The number of hydrogen-bond donors (Lipinski definition) is 0. The smallest absolute Gasteiger partial charge is 0.242 e. The van der Waals surface area contributed by atoms with E-state index in [-0.39, 0.29) is 11.8 Å². The van der Waals surface area contributed by atoms with E-state index in [1.54, 1.807) is 42.0 Å². The molecule has 1 aromatic carbocycles. The fourth-order valence-electron chi connectivity index (χ4n) is 4.76. The number of fused-ring (bicyclic) bond motifs is 1. The zero-order valence-electron chi connectivity index (χ0n) is 22.0. The molecule has 0 bridgehead atoms. The van der Waals surface area contributed by atoms with Crippen molar-refractivity contribution in [3.8, 4) is 0 Å². The Labute approximate surface area is 217 Å². The Kier molecular flexibility index (Phi) is 7.57. The molecule has 0 spiro atoms. The van der Waals surface area contributed by atoms with Crippen LogP contribution in [0.5, 0.6) is 0 Å². The van der Waals surface area contributed by atoms with E-state index in [1.165, 1.54) is 10.4 Å². The highest BCUT2D eigenvalue weighted by Crippen LogP contribution is 2.39. The first-order valence-corrected chi connectivity index (χ1v) is 13.3. The van der Waals surface area contributed by atoms with Gasteiger partial charge in [0.25, 0.3) is 0 Å². The first-order chi connectivity index (χ1) is 17.1. The molecule has 0 fully saturated rings. The molecule has 7 nitrogen and oxygen atoms in total. The number of pyridine rings is 1. The monoisotopic (exact) mass is 505 g/mol. The quantitative estimate of drug-likeness (QED) is 0.413. The van der Waals surface area contributed by atoms with Gasteiger partial charge >= 0.3 is 0 Å². The van der Waals surface area contributed by atoms with Crippen LogP contribution in [0.15, 0.2) is 42.0 Å². The number of aryl methyl sites for hydroxylation is 2. The predicted molar refractivity (Wildman–Crippen MR) is 145 cm³/mol. The highest BCUT2D eigenvalue weighted by atomic mass is 32.1. The molecule has 3 aromatic rings. The van der Waals surface area contributed by atoms with Gasteiger partial charge in [-0.1, -0.05) is 12.1 Å². The Bertz CT molecular complexity index is 1270. The normalized spacial score (nSPS) is 15.4. The number of carbonyl (C=O) groups excluding carboxylic acids is 2. The second-order valence-corrected chi connectivity index (χ2v) is 10.9. The van der Waals surface area contributed by atoms with Crippen LogP contribution in [-0.4, -0.2) is 46.8 Å². The van der Waals surface area contributed by atoms with Crippen LogP contribution in [0.3, 0.4) is 0 Å². The maximum absolute atomic E-state index is 13.2. The summed E-state index contributed by atoms with van der Waals surface area (Å²) in [7, 11) is 1.77. The lowest BCUT2D eigenvalue weighted by Gasteiger charge is -2.27. The summed E-state index contributed by atoms with van der Waals surface area (Å²) in [4.78, 5) is 42.3. The predicted octanol–water partition coefficient (Wildman–Crippen LogP) is 4.76. The molecule has 190 valence electrons. The van der Waals surface area contributed by atoms with Gasteiger partial charge < -0.3 is 9.80 Å². The molecule has 0 atom stereocenters. The number of nitrogens with zero attached hydrogens (tertiary/aromatic N) is 5. The van der Waals surface area contributed by atoms with Gasteiger partial charge in [0.1, 0.15) is 5.41 Å². The van der Waals surface area contributed by atoms with Crippen LogP contribution in [0.1, 0.15) is 48.2 Å². The van der Waals surface area contributed by atoms with Crippen molar-refractivity contribution in [1.29, 1.82) is 0 Å². The first-order valence-electron chi connectivity index (χ1n) is 12.4. The Hall–Kier alpha value is -3.10. The van der Waals surface area contributed by atoms with Gasteiger partial charge in [-0.05, 0) is 70.4 Å². The molecule has 4 rings (SSSR count). The lowest BCUT2D eigenvalue weighted by molar-refractivity contribution is -0.137. The SMILES string of the molecule is CCN1C(=O)C(C)(C)C(=O)N(C)c2cc(CN(CCc3cccnc3C)Cc3scnc3C)ccc21. The van der Waals surface area contributed by atoms with E-state index in [2.05, 4.69) is 46.9 Å². The van der Waals surface area contributed by atoms with Crippen molar-refractivity contribution in [2.45, 2.75) is 54.1 Å². The zero-order chi connectivity index (χ0) is 26.0. The summed E-state index contributed by atoms with van der Waals surface area (Å²) >= 11 is 1.68. The first kappa shape index (κ1) is 26.0. The van der Waals surface area contributed by atoms with Crippen molar-refractivity contribution >= 4 is 34.5 Å². The molecular formula is C28H35N5O2S. The number of anilines is 2. The van der Waals surface area contributed by atoms with Crippen LogP contribution in [0.2, 0.25) is 0 Å². The second kappa shape index (κ2) is 10.5. The number of carbonyl (C=O) groups is 2. The standard InChI is InChI=1S/C28H35N5O2S/c1-7-33-23-11-10-21(15-24(23)31(6)26(34)28(4,5)27(33)35)16-32(17-25-20(3)30-18-36-25)14-12-22-9-8-13-29-19(22)2/h8-11,13,15,18H,7,12,14,16-17H2,1-6H3. The minimum Gasteiger partial charge on any atom is -0.313 e. The molecule has 0 saturated heterocycles. The molecule has 2 amide bonds. The molecule has 0 radical (unpaired) electrons. The van der Waals surface area contributed by atoms with Gasteiger partial charge in [0.15, 0.2) is 0 Å². The van der Waals surface area contributed by atoms with Crippen LogP contribution in [0.4, 0.5) is 11.4 Å². The van der Waals surface area contributed by atoms with Gasteiger partial charge in [0.05, 0.1) is 22.6 Å². The summed E-state index contributed by atoms with van der Waals surface area (Å²) < 4.78 is 0. The second-order valence-electron chi connectivity index (χ2n) is 9.93. The number of hydrogen-bond acceptors (Lipinski definition) is 6. The van der Waals surface area contributed by atoms with E-state index in [0.29, 0.717) is 6.54 Å². The van der Waals surface area contributed by atoms with Gasteiger partial charge in [-0.15, -0.1) is 11.3 Å². The third-order valence-electron chi connectivity index (χ3n) is 7.06. The summed E-state index contributed by atoms with van der Waals surface area (Å²) in [5.41, 5.74) is 6.81. The van der Waals surface area contributed by atoms with Gasteiger partial charge in [-0.25, -0.2) is 4.98 Å². The lowest BCUT2D eigenvalue weighted by atomic mass is 9.90. The van der Waals surface area contributed by atoms with Crippen LogP contribution in [0, 0.1) is 19.3 Å². The number of rotatable bonds is 8. The van der Waals surface area contributed by atoms with E-state index in [9.17, 15) is 9.59 Å². The number of aromatic nitrogens is 2. The van der Waals surface area contributed by atoms with Crippen LogP contribution in [-0.2, 0) is 29.1 Å². The number of amides is 2. The fraction of sp³-hybridized carbons (Fsp3) is 0.429. The van der Waals surface area contributed by atoms with Crippen LogP contribution < -0.4 is 9.80 Å². The third kappa shape index (κ3) is 5.06. The Morgan fingerprint density at radius 1 is 1.00 bits per heavy atom. The maximum Gasteiger partial charge on any atom is 0.242 e. The van der Waals surface area contributed by atoms with E-state index >= 15 is 0 Å². The lowest BCUT2D eigenvalue weighted by Crippen LogP contribution is -2.47. The molecule has 0 aliphatic carbocycles. The van der Waals surface area contributed by atoms with Gasteiger partial charge in [0.2, 0.25) is 11.8 Å². The summed E-state index contributed by atoms with van der Waals surface area (Å²) in [5, 5.41) is 0. The molecular weight excluding hydrogens is 470 g/mol. The van der Waals surface area contributed by atoms with Crippen LogP contribution >= 0.6 is 11.3 Å². The molecule has 0 saturated carbocycles. The van der Waals surface area contributed by atoms with Gasteiger partial charge in [-0.2, -0.15) is 0 Å². The molecule has 8 heteroatoms. The molecule has 1 aliphatic heterocycles.